The van der Waals surface area contributed by atoms with Crippen molar-refractivity contribution in [1.29, 1.82) is 0 Å². The first kappa shape index (κ1) is 23.8. The highest BCUT2D eigenvalue weighted by atomic mass is 35.5. The molecule has 2 aromatic carbocycles. The molecule has 3 rings (SSSR count). The Balaban J connectivity index is 2.09. The smallest absolute Gasteiger partial charge is 0.523 e. The van der Waals surface area contributed by atoms with Crippen LogP contribution in [0.4, 0.5) is 13.2 Å². The summed E-state index contributed by atoms with van der Waals surface area (Å²) in [5.74, 6) is -1.11. The first-order chi connectivity index (χ1) is 15.0. The van der Waals surface area contributed by atoms with E-state index in [1.54, 1.807) is 24.5 Å². The van der Waals surface area contributed by atoms with Gasteiger partial charge in [0.25, 0.3) is 0 Å². The van der Waals surface area contributed by atoms with E-state index >= 15 is 0 Å². The molecule has 0 spiro atoms. The molecule has 2 N–H and O–H groups in total. The van der Waals surface area contributed by atoms with Crippen LogP contribution in [-0.4, -0.2) is 16.1 Å². The summed E-state index contributed by atoms with van der Waals surface area (Å²) in [6, 6.07) is 12.1. The molecule has 0 aliphatic rings. The second kappa shape index (κ2) is 9.74. The van der Waals surface area contributed by atoms with Crippen molar-refractivity contribution >= 4 is 17.6 Å². The van der Waals surface area contributed by atoms with Crippen LogP contribution in [0.25, 0.3) is 11.1 Å². The van der Waals surface area contributed by atoms with Crippen LogP contribution in [-0.2, 0) is 17.4 Å². The third-order valence-electron chi connectivity index (χ3n) is 5.23. The van der Waals surface area contributed by atoms with Crippen molar-refractivity contribution in [3.05, 3.63) is 88.2 Å². The zero-order valence-electron chi connectivity index (χ0n) is 17.7. The maximum Gasteiger partial charge on any atom is 0.523 e. The second-order valence-electron chi connectivity index (χ2n) is 8.23. The van der Waals surface area contributed by atoms with Gasteiger partial charge in [-0.05, 0) is 58.4 Å². The molecule has 1 aromatic heterocycles. The predicted molar refractivity (Wildman–Crippen MR) is 120 cm³/mol. The fraction of sp³-hybridized carbons (Fsp3) is 0.280. The van der Waals surface area contributed by atoms with E-state index in [2.05, 4.69) is 4.98 Å². The van der Waals surface area contributed by atoms with Gasteiger partial charge in [0.2, 0.25) is 0 Å². The Labute approximate surface area is 189 Å². The van der Waals surface area contributed by atoms with Crippen LogP contribution < -0.4 is 0 Å². The number of benzene rings is 2. The zero-order valence-corrected chi connectivity index (χ0v) is 18.5. The summed E-state index contributed by atoms with van der Waals surface area (Å²) < 4.78 is 38.9. The molecule has 168 valence electrons. The summed E-state index contributed by atoms with van der Waals surface area (Å²) in [6.07, 6.45) is -0.218. The molecule has 0 aliphatic heterocycles. The number of carbonyl (C=O) groups excluding carboxylic acids is 1. The number of aromatic nitrogens is 1. The molecule has 0 saturated heterocycles. The molecule has 0 amide bonds. The SMILES string of the molecule is CC(C)CC(C(=O)[OH2+])c1cc(Cc2cnccc2Cl)cc(-c2ccc(C(F)(F)F)cc2)c1. The molecule has 0 saturated carbocycles. The van der Waals surface area contributed by atoms with E-state index in [1.807, 2.05) is 26.0 Å². The molecular formula is C25H24ClF3NO2+. The Morgan fingerprint density at radius 1 is 1.06 bits per heavy atom. The minimum atomic E-state index is -4.41. The standard InChI is InChI=1S/C25H23ClF3NO2/c1-15(2)9-22(24(31)32)19-11-16(12-20-14-30-8-7-23(20)26)10-18(13-19)17-3-5-21(6-4-17)25(27,28)29/h3-8,10-11,13-15,22H,9,12H2,1-2H3,(H,31,32)/p+1. The molecule has 1 unspecified atom stereocenters. The zero-order chi connectivity index (χ0) is 23.5. The molecule has 0 bridgehead atoms. The molecule has 0 radical (unpaired) electrons. The highest BCUT2D eigenvalue weighted by Crippen LogP contribution is 2.34. The topological polar surface area (TPSA) is 52.9 Å². The Morgan fingerprint density at radius 3 is 2.31 bits per heavy atom. The van der Waals surface area contributed by atoms with Gasteiger partial charge >= 0.3 is 12.1 Å². The maximum absolute atomic E-state index is 13.0. The van der Waals surface area contributed by atoms with Gasteiger partial charge in [-0.15, -0.1) is 0 Å². The van der Waals surface area contributed by atoms with E-state index in [9.17, 15) is 18.0 Å². The fourth-order valence-electron chi connectivity index (χ4n) is 3.67. The molecule has 0 aliphatic carbocycles. The second-order valence-corrected chi connectivity index (χ2v) is 8.64. The Bertz CT molecular complexity index is 1100. The van der Waals surface area contributed by atoms with Crippen molar-refractivity contribution in [2.75, 3.05) is 0 Å². The number of nitrogens with zero attached hydrogens (tertiary/aromatic N) is 1. The van der Waals surface area contributed by atoms with Gasteiger partial charge in [-0.1, -0.05) is 55.8 Å². The van der Waals surface area contributed by atoms with E-state index in [1.165, 1.54) is 12.1 Å². The van der Waals surface area contributed by atoms with Crippen molar-refractivity contribution in [2.45, 2.75) is 38.8 Å². The average molecular weight is 463 g/mol. The lowest BCUT2D eigenvalue weighted by atomic mass is 9.86. The van der Waals surface area contributed by atoms with E-state index < -0.39 is 23.6 Å². The molecule has 1 heterocycles. The monoisotopic (exact) mass is 462 g/mol. The van der Waals surface area contributed by atoms with Gasteiger partial charge in [0.15, 0.2) is 0 Å². The summed E-state index contributed by atoms with van der Waals surface area (Å²) in [4.78, 5) is 16.2. The molecule has 32 heavy (non-hydrogen) atoms. The van der Waals surface area contributed by atoms with Crippen molar-refractivity contribution in [3.63, 3.8) is 0 Å². The number of pyridine rings is 1. The maximum atomic E-state index is 13.0. The lowest BCUT2D eigenvalue weighted by molar-refractivity contribution is -0.139. The van der Waals surface area contributed by atoms with E-state index in [-0.39, 0.29) is 5.92 Å². The third kappa shape index (κ3) is 5.88. The minimum Gasteiger partial charge on any atom is -0.564 e. The van der Waals surface area contributed by atoms with Gasteiger partial charge in [0, 0.05) is 28.6 Å². The van der Waals surface area contributed by atoms with Crippen molar-refractivity contribution < 1.29 is 23.1 Å². The number of carbonyl (C=O) groups is 1. The number of hydrogen-bond donors (Lipinski definition) is 0. The minimum absolute atomic E-state index is 0.195. The number of halogens is 4. The van der Waals surface area contributed by atoms with Crippen molar-refractivity contribution in [1.82, 2.24) is 4.98 Å². The van der Waals surface area contributed by atoms with Crippen molar-refractivity contribution in [3.8, 4) is 11.1 Å². The molecule has 1 atom stereocenters. The van der Waals surface area contributed by atoms with Crippen LogP contribution in [0.15, 0.2) is 60.9 Å². The van der Waals surface area contributed by atoms with Gasteiger partial charge < -0.3 is 5.11 Å². The van der Waals surface area contributed by atoms with Crippen LogP contribution in [0, 0.1) is 5.92 Å². The van der Waals surface area contributed by atoms with Gasteiger partial charge in [-0.3, -0.25) is 4.98 Å². The Kier molecular flexibility index (Phi) is 7.24. The summed E-state index contributed by atoms with van der Waals surface area (Å²) in [7, 11) is 0. The van der Waals surface area contributed by atoms with Crippen LogP contribution in [0.5, 0.6) is 0 Å². The summed E-state index contributed by atoms with van der Waals surface area (Å²) in [6.45, 7) is 3.96. The van der Waals surface area contributed by atoms with E-state index in [4.69, 9.17) is 16.7 Å². The largest absolute Gasteiger partial charge is 0.564 e. The number of rotatable bonds is 7. The van der Waals surface area contributed by atoms with Gasteiger partial charge in [0.1, 0.15) is 5.92 Å². The van der Waals surface area contributed by atoms with Crippen LogP contribution >= 0.6 is 11.6 Å². The van der Waals surface area contributed by atoms with Crippen LogP contribution in [0.2, 0.25) is 5.02 Å². The lowest BCUT2D eigenvalue weighted by Crippen LogP contribution is -2.14. The molecule has 3 nitrogen and oxygen atoms in total. The summed E-state index contributed by atoms with van der Waals surface area (Å²) in [5, 5.41) is 8.32. The van der Waals surface area contributed by atoms with E-state index in [0.29, 0.717) is 34.6 Å². The van der Waals surface area contributed by atoms with Crippen molar-refractivity contribution in [2.24, 2.45) is 5.92 Å². The summed E-state index contributed by atoms with van der Waals surface area (Å²) >= 11 is 6.28. The molecule has 0 fully saturated rings. The van der Waals surface area contributed by atoms with Crippen LogP contribution in [0.3, 0.4) is 0 Å². The highest BCUT2D eigenvalue weighted by molar-refractivity contribution is 6.31. The third-order valence-corrected chi connectivity index (χ3v) is 5.59. The molecule has 3 aromatic rings. The Morgan fingerprint density at radius 2 is 1.75 bits per heavy atom. The average Bonchev–Trinajstić information content (AvgIpc) is 2.72. The normalized spacial score (nSPS) is 12.7. The van der Waals surface area contributed by atoms with E-state index in [0.717, 1.165) is 23.3 Å². The van der Waals surface area contributed by atoms with Gasteiger partial charge in [-0.25, -0.2) is 0 Å². The van der Waals surface area contributed by atoms with Gasteiger partial charge in [-0.2, -0.15) is 13.2 Å². The summed E-state index contributed by atoms with van der Waals surface area (Å²) in [5.41, 5.74) is 2.86. The first-order valence-corrected chi connectivity index (χ1v) is 10.6. The Hall–Kier alpha value is -2.86. The number of hydrogen-bond acceptors (Lipinski definition) is 2. The predicted octanol–water partition coefficient (Wildman–Crippen LogP) is 6.39. The van der Waals surface area contributed by atoms with Crippen LogP contribution in [0.1, 0.15) is 48.4 Å². The lowest BCUT2D eigenvalue weighted by Gasteiger charge is -2.16. The first-order valence-electron chi connectivity index (χ1n) is 10.2. The quantitative estimate of drug-likeness (QED) is 0.382. The highest BCUT2D eigenvalue weighted by Gasteiger charge is 2.31. The molecular weight excluding hydrogens is 439 g/mol. The fourth-order valence-corrected chi connectivity index (χ4v) is 3.84. The number of alkyl halides is 3. The molecule has 7 heteroatoms. The van der Waals surface area contributed by atoms with Gasteiger partial charge in [0.05, 0.1) is 5.56 Å².